The highest BCUT2D eigenvalue weighted by Crippen LogP contribution is 2.39. The molecule has 3 rings (SSSR count). The molecule has 1 saturated carbocycles. The molecule has 17 heavy (non-hydrogen) atoms. The van der Waals surface area contributed by atoms with Crippen LogP contribution in [0.15, 0.2) is 18.2 Å². The maximum Gasteiger partial charge on any atom is 0.226 e. The summed E-state index contributed by atoms with van der Waals surface area (Å²) < 4.78 is 5.16. The Bertz CT molecular complexity index is 455. The highest BCUT2D eigenvalue weighted by Gasteiger charge is 2.34. The predicted molar refractivity (Wildman–Crippen MR) is 66.4 cm³/mol. The Kier molecular flexibility index (Phi) is 2.42. The standard InChI is InChI=1S/C13H16N2O2/c1-17-9-4-5-10-12(6-9)15-13(16)7-11(14-10)8-2-3-8/h4-6,8,11,14H,2-3,7H2,1H3,(H,15,16). The van der Waals surface area contributed by atoms with Crippen LogP contribution in [0.5, 0.6) is 5.75 Å². The number of anilines is 2. The molecule has 1 aliphatic carbocycles. The van der Waals surface area contributed by atoms with Crippen molar-refractivity contribution < 1.29 is 9.53 Å². The number of benzene rings is 1. The van der Waals surface area contributed by atoms with Gasteiger partial charge >= 0.3 is 0 Å². The van der Waals surface area contributed by atoms with E-state index in [9.17, 15) is 4.79 Å². The van der Waals surface area contributed by atoms with Gasteiger partial charge in [0.1, 0.15) is 5.75 Å². The number of carbonyl (C=O) groups is 1. The van der Waals surface area contributed by atoms with E-state index in [1.807, 2.05) is 18.2 Å². The molecule has 1 aromatic carbocycles. The summed E-state index contributed by atoms with van der Waals surface area (Å²) in [6.07, 6.45) is 3.02. The lowest BCUT2D eigenvalue weighted by atomic mass is 10.1. The first-order valence-corrected chi connectivity index (χ1v) is 6.00. The number of nitrogens with one attached hydrogen (secondary N) is 2. The van der Waals surface area contributed by atoms with Crippen molar-refractivity contribution in [3.05, 3.63) is 18.2 Å². The van der Waals surface area contributed by atoms with Gasteiger partial charge in [-0.05, 0) is 30.9 Å². The van der Waals surface area contributed by atoms with Crippen LogP contribution in [0.25, 0.3) is 0 Å². The van der Waals surface area contributed by atoms with E-state index in [1.165, 1.54) is 12.8 Å². The lowest BCUT2D eigenvalue weighted by Gasteiger charge is -2.16. The van der Waals surface area contributed by atoms with Gasteiger partial charge in [-0.2, -0.15) is 0 Å². The molecule has 2 aliphatic rings. The Hall–Kier alpha value is -1.71. The summed E-state index contributed by atoms with van der Waals surface area (Å²) in [4.78, 5) is 11.8. The van der Waals surface area contributed by atoms with E-state index < -0.39 is 0 Å². The predicted octanol–water partition coefficient (Wildman–Crippen LogP) is 2.23. The molecule has 1 amide bonds. The monoisotopic (exact) mass is 232 g/mol. The van der Waals surface area contributed by atoms with Crippen LogP contribution in [0.4, 0.5) is 11.4 Å². The number of fused-ring (bicyclic) bond motifs is 1. The molecule has 1 heterocycles. The molecule has 0 saturated heterocycles. The van der Waals surface area contributed by atoms with E-state index in [2.05, 4.69) is 10.6 Å². The average molecular weight is 232 g/mol. The zero-order chi connectivity index (χ0) is 11.8. The van der Waals surface area contributed by atoms with Crippen molar-refractivity contribution in [1.82, 2.24) is 0 Å². The Morgan fingerprint density at radius 1 is 1.29 bits per heavy atom. The third-order valence-electron chi connectivity index (χ3n) is 3.44. The number of hydrogen-bond donors (Lipinski definition) is 2. The summed E-state index contributed by atoms with van der Waals surface area (Å²) in [5.74, 6) is 1.51. The molecule has 90 valence electrons. The van der Waals surface area contributed by atoms with Gasteiger partial charge in [-0.15, -0.1) is 0 Å². The average Bonchev–Trinajstić information content (AvgIpc) is 3.13. The van der Waals surface area contributed by atoms with E-state index in [0.29, 0.717) is 12.3 Å². The van der Waals surface area contributed by atoms with E-state index in [-0.39, 0.29) is 11.9 Å². The minimum absolute atomic E-state index is 0.0846. The minimum Gasteiger partial charge on any atom is -0.497 e. The van der Waals surface area contributed by atoms with Gasteiger partial charge in [0.15, 0.2) is 0 Å². The Balaban J connectivity index is 1.92. The van der Waals surface area contributed by atoms with Gasteiger partial charge in [0.05, 0.1) is 18.5 Å². The minimum atomic E-state index is 0.0846. The fourth-order valence-corrected chi connectivity index (χ4v) is 2.31. The van der Waals surface area contributed by atoms with Crippen LogP contribution in [-0.2, 0) is 4.79 Å². The number of methoxy groups -OCH3 is 1. The fourth-order valence-electron chi connectivity index (χ4n) is 2.31. The zero-order valence-electron chi connectivity index (χ0n) is 9.82. The largest absolute Gasteiger partial charge is 0.497 e. The number of rotatable bonds is 2. The van der Waals surface area contributed by atoms with Crippen LogP contribution < -0.4 is 15.4 Å². The zero-order valence-corrected chi connectivity index (χ0v) is 9.82. The van der Waals surface area contributed by atoms with Crippen molar-refractivity contribution in [3.63, 3.8) is 0 Å². The molecule has 1 fully saturated rings. The molecule has 0 aromatic heterocycles. The van der Waals surface area contributed by atoms with Crippen molar-refractivity contribution in [1.29, 1.82) is 0 Å². The molecular formula is C13H16N2O2. The second-order valence-electron chi connectivity index (χ2n) is 4.75. The summed E-state index contributed by atoms with van der Waals surface area (Å²) >= 11 is 0. The molecule has 4 nitrogen and oxygen atoms in total. The molecule has 4 heteroatoms. The number of carbonyl (C=O) groups excluding carboxylic acids is 1. The van der Waals surface area contributed by atoms with Crippen molar-refractivity contribution in [2.24, 2.45) is 5.92 Å². The van der Waals surface area contributed by atoms with Crippen molar-refractivity contribution >= 4 is 17.3 Å². The second kappa shape index (κ2) is 3.95. The summed E-state index contributed by atoms with van der Waals surface area (Å²) in [7, 11) is 1.63. The first kappa shape index (κ1) is 10.4. The Labute approximate surface area is 100 Å². The second-order valence-corrected chi connectivity index (χ2v) is 4.75. The summed E-state index contributed by atoms with van der Waals surface area (Å²) in [5.41, 5.74) is 1.81. The molecule has 1 atom stereocenters. The highest BCUT2D eigenvalue weighted by molar-refractivity contribution is 5.96. The summed E-state index contributed by atoms with van der Waals surface area (Å²) in [6, 6.07) is 6.02. The molecule has 1 aromatic rings. The summed E-state index contributed by atoms with van der Waals surface area (Å²) in [5, 5.41) is 6.39. The van der Waals surface area contributed by atoms with E-state index in [1.54, 1.807) is 7.11 Å². The highest BCUT2D eigenvalue weighted by atomic mass is 16.5. The lowest BCUT2D eigenvalue weighted by molar-refractivity contribution is -0.116. The van der Waals surface area contributed by atoms with Crippen LogP contribution in [0.1, 0.15) is 19.3 Å². The van der Waals surface area contributed by atoms with Crippen molar-refractivity contribution in [3.8, 4) is 5.75 Å². The molecule has 0 spiro atoms. The fraction of sp³-hybridized carbons (Fsp3) is 0.462. The number of amides is 1. The van der Waals surface area contributed by atoms with Gasteiger partial charge in [0.25, 0.3) is 0 Å². The first-order valence-electron chi connectivity index (χ1n) is 6.00. The van der Waals surface area contributed by atoms with Crippen LogP contribution >= 0.6 is 0 Å². The maximum absolute atomic E-state index is 11.8. The number of hydrogen-bond acceptors (Lipinski definition) is 3. The van der Waals surface area contributed by atoms with Gasteiger partial charge in [-0.25, -0.2) is 0 Å². The first-order chi connectivity index (χ1) is 8.26. The van der Waals surface area contributed by atoms with Gasteiger partial charge in [0.2, 0.25) is 5.91 Å². The number of ether oxygens (including phenoxy) is 1. The summed E-state index contributed by atoms with van der Waals surface area (Å²) in [6.45, 7) is 0. The molecule has 0 radical (unpaired) electrons. The van der Waals surface area contributed by atoms with E-state index >= 15 is 0 Å². The SMILES string of the molecule is COc1ccc2c(c1)NC(=O)CC(C1CC1)N2. The van der Waals surface area contributed by atoms with Crippen molar-refractivity contribution in [2.75, 3.05) is 17.7 Å². The maximum atomic E-state index is 11.8. The molecule has 2 N–H and O–H groups in total. The smallest absolute Gasteiger partial charge is 0.226 e. The van der Waals surface area contributed by atoms with Crippen LogP contribution in [0.3, 0.4) is 0 Å². The van der Waals surface area contributed by atoms with Gasteiger partial charge in [-0.1, -0.05) is 0 Å². The van der Waals surface area contributed by atoms with Gasteiger partial charge in [-0.3, -0.25) is 4.79 Å². The van der Waals surface area contributed by atoms with Crippen molar-refractivity contribution in [2.45, 2.75) is 25.3 Å². The topological polar surface area (TPSA) is 50.4 Å². The normalized spacial score (nSPS) is 23.1. The van der Waals surface area contributed by atoms with E-state index in [4.69, 9.17) is 4.74 Å². The molecule has 1 unspecified atom stereocenters. The molecule has 0 bridgehead atoms. The van der Waals surface area contributed by atoms with Crippen LogP contribution in [0.2, 0.25) is 0 Å². The third-order valence-corrected chi connectivity index (χ3v) is 3.44. The lowest BCUT2D eigenvalue weighted by Crippen LogP contribution is -2.24. The molecular weight excluding hydrogens is 216 g/mol. The Morgan fingerprint density at radius 2 is 2.12 bits per heavy atom. The van der Waals surface area contributed by atoms with Gasteiger partial charge in [0, 0.05) is 18.5 Å². The third kappa shape index (κ3) is 2.07. The Morgan fingerprint density at radius 3 is 2.82 bits per heavy atom. The quantitative estimate of drug-likeness (QED) is 0.822. The van der Waals surface area contributed by atoms with Crippen LogP contribution in [0, 0.1) is 5.92 Å². The molecule has 1 aliphatic heterocycles. The van der Waals surface area contributed by atoms with Crippen LogP contribution in [-0.4, -0.2) is 19.1 Å². The van der Waals surface area contributed by atoms with E-state index in [0.717, 1.165) is 17.1 Å². The van der Waals surface area contributed by atoms with Gasteiger partial charge < -0.3 is 15.4 Å².